The van der Waals surface area contributed by atoms with Crippen molar-refractivity contribution in [1.29, 1.82) is 0 Å². The normalized spacial score (nSPS) is 12.0. The molecule has 0 aliphatic rings. The summed E-state index contributed by atoms with van der Waals surface area (Å²) in [6, 6.07) is 16.6. The fourth-order valence-electron chi connectivity index (χ4n) is 3.21. The first-order chi connectivity index (χ1) is 16.2. The summed E-state index contributed by atoms with van der Waals surface area (Å²) in [5.41, 5.74) is 1.74. The first-order valence-corrected chi connectivity index (χ1v) is 12.2. The van der Waals surface area contributed by atoms with E-state index in [-0.39, 0.29) is 29.3 Å². The highest BCUT2D eigenvalue weighted by Crippen LogP contribution is 2.24. The van der Waals surface area contributed by atoms with E-state index < -0.39 is 10.0 Å². The van der Waals surface area contributed by atoms with Crippen LogP contribution in [0.15, 0.2) is 71.6 Å². The second kappa shape index (κ2) is 11.0. The van der Waals surface area contributed by atoms with Gasteiger partial charge in [0.1, 0.15) is 17.3 Å². The van der Waals surface area contributed by atoms with Crippen LogP contribution in [0.4, 0.5) is 10.1 Å². The Balaban J connectivity index is 1.59. The number of hydrogen-bond donors (Lipinski definition) is 2. The zero-order valence-electron chi connectivity index (χ0n) is 19.2. The van der Waals surface area contributed by atoms with Gasteiger partial charge in [0.05, 0.1) is 17.5 Å². The lowest BCUT2D eigenvalue weighted by Crippen LogP contribution is -2.31. The summed E-state index contributed by atoms with van der Waals surface area (Å²) in [6.07, 6.45) is 0. The second-order valence-corrected chi connectivity index (χ2v) is 9.30. The van der Waals surface area contributed by atoms with E-state index in [2.05, 4.69) is 10.0 Å². The summed E-state index contributed by atoms with van der Waals surface area (Å²) in [4.78, 5) is 12.3. The van der Waals surface area contributed by atoms with Crippen LogP contribution in [0.5, 0.6) is 11.5 Å². The highest BCUT2D eigenvalue weighted by molar-refractivity contribution is 7.92. The van der Waals surface area contributed by atoms with Gasteiger partial charge in [-0.2, -0.15) is 0 Å². The Morgan fingerprint density at radius 2 is 1.68 bits per heavy atom. The molecule has 0 aliphatic heterocycles. The number of ether oxygens (including phenoxy) is 2. The Bertz CT molecular complexity index is 1230. The van der Waals surface area contributed by atoms with Crippen molar-refractivity contribution in [2.45, 2.75) is 31.7 Å². The van der Waals surface area contributed by atoms with Gasteiger partial charge in [0.15, 0.2) is 6.61 Å². The van der Waals surface area contributed by atoms with Gasteiger partial charge in [-0.3, -0.25) is 9.52 Å². The molecule has 180 valence electrons. The molecular formula is C25H27FN2O5S. The van der Waals surface area contributed by atoms with E-state index >= 15 is 0 Å². The number of halogens is 1. The minimum atomic E-state index is -3.81. The highest BCUT2D eigenvalue weighted by atomic mass is 32.2. The van der Waals surface area contributed by atoms with Crippen molar-refractivity contribution in [3.63, 3.8) is 0 Å². The smallest absolute Gasteiger partial charge is 0.261 e. The molecule has 0 saturated heterocycles. The van der Waals surface area contributed by atoms with E-state index in [1.54, 1.807) is 50.2 Å². The van der Waals surface area contributed by atoms with E-state index in [1.807, 2.05) is 6.92 Å². The highest BCUT2D eigenvalue weighted by Gasteiger charge is 2.17. The van der Waals surface area contributed by atoms with Crippen molar-refractivity contribution in [3.05, 3.63) is 83.7 Å². The number of aryl methyl sites for hydroxylation is 1. The fourth-order valence-corrected chi connectivity index (χ4v) is 4.36. The minimum absolute atomic E-state index is 0.0700. The molecule has 9 heteroatoms. The van der Waals surface area contributed by atoms with Crippen LogP contribution < -0.4 is 19.5 Å². The molecule has 3 rings (SSSR count). The maximum absolute atomic E-state index is 13.1. The topological polar surface area (TPSA) is 93.7 Å². The van der Waals surface area contributed by atoms with Crippen molar-refractivity contribution >= 4 is 21.6 Å². The molecule has 0 bridgehead atoms. The zero-order valence-corrected chi connectivity index (χ0v) is 20.0. The lowest BCUT2D eigenvalue weighted by molar-refractivity contribution is -0.123. The van der Waals surface area contributed by atoms with Crippen LogP contribution in [0.2, 0.25) is 0 Å². The number of sulfonamides is 1. The van der Waals surface area contributed by atoms with Crippen molar-refractivity contribution < 1.29 is 27.1 Å². The molecule has 0 aliphatic carbocycles. The quantitative estimate of drug-likeness (QED) is 0.437. The van der Waals surface area contributed by atoms with Gasteiger partial charge >= 0.3 is 0 Å². The van der Waals surface area contributed by atoms with Crippen LogP contribution in [0.25, 0.3) is 0 Å². The van der Waals surface area contributed by atoms with E-state index in [0.29, 0.717) is 29.4 Å². The van der Waals surface area contributed by atoms with Gasteiger partial charge in [-0.25, -0.2) is 12.8 Å². The Morgan fingerprint density at radius 1 is 1.00 bits per heavy atom. The number of hydrogen-bond acceptors (Lipinski definition) is 5. The lowest BCUT2D eigenvalue weighted by Gasteiger charge is -2.16. The standard InChI is InChI=1S/C25H27FN2O5S/c1-4-32-22-11-9-21(10-12-22)28-34(30,31)23-13-14-24(17(2)15-23)33-16-25(29)27-18(3)19-5-7-20(26)8-6-19/h5-15,18,28H,4,16H2,1-3H3,(H,27,29). The fraction of sp³-hybridized carbons (Fsp3) is 0.240. The van der Waals surface area contributed by atoms with Gasteiger partial charge in [0, 0.05) is 5.69 Å². The van der Waals surface area contributed by atoms with Crippen LogP contribution in [-0.4, -0.2) is 27.5 Å². The molecule has 2 N–H and O–H groups in total. The summed E-state index contributed by atoms with van der Waals surface area (Å²) in [5.74, 6) is 0.342. The average molecular weight is 487 g/mol. The molecule has 0 saturated carbocycles. The third-order valence-corrected chi connectivity index (χ3v) is 6.36. The van der Waals surface area contributed by atoms with Gasteiger partial charge in [-0.15, -0.1) is 0 Å². The van der Waals surface area contributed by atoms with Crippen LogP contribution in [0, 0.1) is 12.7 Å². The SMILES string of the molecule is CCOc1ccc(NS(=O)(=O)c2ccc(OCC(=O)NC(C)c3ccc(F)cc3)c(C)c2)cc1. The number of rotatable bonds is 10. The molecule has 0 heterocycles. The molecule has 0 fully saturated rings. The average Bonchev–Trinajstić information content (AvgIpc) is 2.80. The molecule has 34 heavy (non-hydrogen) atoms. The van der Waals surface area contributed by atoms with E-state index in [1.165, 1.54) is 30.3 Å². The molecule has 1 unspecified atom stereocenters. The van der Waals surface area contributed by atoms with Crippen molar-refractivity contribution in [3.8, 4) is 11.5 Å². The summed E-state index contributed by atoms with van der Waals surface area (Å²) < 4.78 is 52.0. The van der Waals surface area contributed by atoms with Crippen LogP contribution in [-0.2, 0) is 14.8 Å². The van der Waals surface area contributed by atoms with Crippen LogP contribution >= 0.6 is 0 Å². The van der Waals surface area contributed by atoms with Crippen LogP contribution in [0.1, 0.15) is 31.0 Å². The second-order valence-electron chi connectivity index (χ2n) is 7.62. The largest absolute Gasteiger partial charge is 0.494 e. The maximum Gasteiger partial charge on any atom is 0.261 e. The minimum Gasteiger partial charge on any atom is -0.494 e. The number of nitrogens with one attached hydrogen (secondary N) is 2. The maximum atomic E-state index is 13.1. The Kier molecular flexibility index (Phi) is 8.12. The number of carbonyl (C=O) groups excluding carboxylic acids is 1. The van der Waals surface area contributed by atoms with Gasteiger partial charge in [0.2, 0.25) is 0 Å². The predicted molar refractivity (Wildman–Crippen MR) is 128 cm³/mol. The third-order valence-electron chi connectivity index (χ3n) is 4.98. The first-order valence-electron chi connectivity index (χ1n) is 10.7. The summed E-state index contributed by atoms with van der Waals surface area (Å²) in [7, 11) is -3.81. The van der Waals surface area contributed by atoms with Crippen LogP contribution in [0.3, 0.4) is 0 Å². The van der Waals surface area contributed by atoms with Crippen molar-refractivity contribution in [2.24, 2.45) is 0 Å². The van der Waals surface area contributed by atoms with Crippen molar-refractivity contribution in [2.75, 3.05) is 17.9 Å². The predicted octanol–water partition coefficient (Wildman–Crippen LogP) is 4.59. The zero-order chi connectivity index (χ0) is 24.7. The monoisotopic (exact) mass is 486 g/mol. The molecule has 0 radical (unpaired) electrons. The van der Waals surface area contributed by atoms with Crippen molar-refractivity contribution in [1.82, 2.24) is 5.32 Å². The summed E-state index contributed by atoms with van der Waals surface area (Å²) >= 11 is 0. The van der Waals surface area contributed by atoms with Gasteiger partial charge in [0.25, 0.3) is 15.9 Å². The van der Waals surface area contributed by atoms with Gasteiger partial charge < -0.3 is 14.8 Å². The number of carbonyl (C=O) groups is 1. The molecule has 3 aromatic carbocycles. The molecular weight excluding hydrogens is 459 g/mol. The molecule has 0 spiro atoms. The van der Waals surface area contributed by atoms with E-state index in [9.17, 15) is 17.6 Å². The number of anilines is 1. The lowest BCUT2D eigenvalue weighted by atomic mass is 10.1. The Labute approximate surface area is 199 Å². The number of benzene rings is 3. The van der Waals surface area contributed by atoms with E-state index in [4.69, 9.17) is 9.47 Å². The first kappa shape index (κ1) is 25.0. The molecule has 1 atom stereocenters. The molecule has 1 amide bonds. The third kappa shape index (κ3) is 6.71. The molecule has 7 nitrogen and oxygen atoms in total. The summed E-state index contributed by atoms with van der Waals surface area (Å²) in [6.45, 7) is 5.63. The van der Waals surface area contributed by atoms with Gasteiger partial charge in [-0.05, 0) is 86.5 Å². The van der Waals surface area contributed by atoms with Gasteiger partial charge in [-0.1, -0.05) is 12.1 Å². The van der Waals surface area contributed by atoms with E-state index in [0.717, 1.165) is 5.56 Å². The Hall–Kier alpha value is -3.59. The summed E-state index contributed by atoms with van der Waals surface area (Å²) in [5, 5.41) is 2.78. The molecule has 0 aromatic heterocycles. The number of amides is 1. The molecule has 3 aromatic rings. The Morgan fingerprint density at radius 3 is 2.29 bits per heavy atom.